The molecule has 0 radical (unpaired) electrons. The van der Waals surface area contributed by atoms with Crippen LogP contribution in [-0.4, -0.2) is 38.0 Å². The van der Waals surface area contributed by atoms with E-state index < -0.39 is 9.84 Å². The molecule has 2 rings (SSSR count). The number of rotatable bonds is 10. The summed E-state index contributed by atoms with van der Waals surface area (Å²) in [6, 6.07) is 7.45. The van der Waals surface area contributed by atoms with Gasteiger partial charge >= 0.3 is 0 Å². The predicted octanol–water partition coefficient (Wildman–Crippen LogP) is 3.23. The molecule has 0 fully saturated rings. The van der Waals surface area contributed by atoms with Gasteiger partial charge in [0.1, 0.15) is 15.6 Å². The quantitative estimate of drug-likeness (QED) is 0.465. The average molecular weight is 379 g/mol. The van der Waals surface area contributed by atoms with E-state index in [9.17, 15) is 13.2 Å². The van der Waals surface area contributed by atoms with Crippen LogP contribution in [0.25, 0.3) is 0 Å². The topological polar surface area (TPSA) is 86.5 Å². The molecule has 0 atom stereocenters. The van der Waals surface area contributed by atoms with Crippen molar-refractivity contribution >= 4 is 15.6 Å². The molecule has 142 valence electrons. The second-order valence-electron chi connectivity index (χ2n) is 6.39. The van der Waals surface area contributed by atoms with E-state index >= 15 is 0 Å². The molecule has 6 nitrogen and oxygen atoms in total. The van der Waals surface area contributed by atoms with Crippen LogP contribution in [0.1, 0.15) is 54.1 Å². The molecular weight excluding hydrogens is 354 g/mol. The molecule has 0 N–H and O–H groups in total. The molecule has 2 aromatic rings. The maximum Gasteiger partial charge on any atom is 0.165 e. The highest BCUT2D eigenvalue weighted by molar-refractivity contribution is 7.90. The van der Waals surface area contributed by atoms with Crippen molar-refractivity contribution < 1.29 is 22.5 Å². The van der Waals surface area contributed by atoms with E-state index in [-0.39, 0.29) is 11.5 Å². The third kappa shape index (κ3) is 5.98. The lowest BCUT2D eigenvalue weighted by molar-refractivity contribution is 0.101. The third-order valence-corrected chi connectivity index (χ3v) is 4.92. The summed E-state index contributed by atoms with van der Waals surface area (Å²) in [7, 11) is -2.96. The van der Waals surface area contributed by atoms with Gasteiger partial charge in [0.15, 0.2) is 11.5 Å². The molecule has 7 heteroatoms. The van der Waals surface area contributed by atoms with Crippen molar-refractivity contribution in [3.63, 3.8) is 0 Å². The van der Waals surface area contributed by atoms with E-state index in [4.69, 9.17) is 9.26 Å². The number of aromatic nitrogens is 1. The number of benzene rings is 1. The smallest absolute Gasteiger partial charge is 0.165 e. The lowest BCUT2D eigenvalue weighted by Gasteiger charge is -2.07. The van der Waals surface area contributed by atoms with Crippen LogP contribution in [-0.2, 0) is 22.7 Å². The molecule has 0 amide bonds. The van der Waals surface area contributed by atoms with Crippen molar-refractivity contribution in [3.8, 4) is 5.75 Å². The summed E-state index contributed by atoms with van der Waals surface area (Å²) < 4.78 is 33.1. The minimum Gasteiger partial charge on any atom is -0.494 e. The van der Waals surface area contributed by atoms with E-state index in [1.807, 2.05) is 31.2 Å². The molecule has 1 heterocycles. The van der Waals surface area contributed by atoms with Crippen LogP contribution in [0.5, 0.6) is 5.75 Å². The van der Waals surface area contributed by atoms with Crippen molar-refractivity contribution in [1.82, 2.24) is 5.16 Å². The molecule has 1 aromatic carbocycles. The second kappa shape index (κ2) is 8.98. The minimum atomic E-state index is -2.96. The largest absolute Gasteiger partial charge is 0.494 e. The molecule has 0 aliphatic carbocycles. The Kier molecular flexibility index (Phi) is 6.97. The van der Waals surface area contributed by atoms with Gasteiger partial charge in [-0.25, -0.2) is 8.42 Å². The number of sulfone groups is 1. The van der Waals surface area contributed by atoms with E-state index in [1.54, 1.807) is 0 Å². The maximum absolute atomic E-state index is 11.9. The number of ether oxygens (including phenoxy) is 1. The fourth-order valence-electron chi connectivity index (χ4n) is 2.69. The van der Waals surface area contributed by atoms with Crippen molar-refractivity contribution in [3.05, 3.63) is 46.8 Å². The first-order valence-corrected chi connectivity index (χ1v) is 10.7. The predicted molar refractivity (Wildman–Crippen MR) is 99.6 cm³/mol. The number of hydrogen-bond donors (Lipinski definition) is 0. The lowest BCUT2D eigenvalue weighted by Crippen LogP contribution is -2.08. The highest BCUT2D eigenvalue weighted by Crippen LogP contribution is 2.21. The summed E-state index contributed by atoms with van der Waals surface area (Å²) in [5.41, 5.74) is 2.30. The van der Waals surface area contributed by atoms with Gasteiger partial charge in [0.25, 0.3) is 0 Å². The van der Waals surface area contributed by atoms with Crippen molar-refractivity contribution in [1.29, 1.82) is 0 Å². The molecule has 0 saturated heterocycles. The number of ketones is 1. The normalized spacial score (nSPS) is 11.5. The van der Waals surface area contributed by atoms with Crippen LogP contribution >= 0.6 is 0 Å². The van der Waals surface area contributed by atoms with Gasteiger partial charge in [-0.1, -0.05) is 30.6 Å². The maximum atomic E-state index is 11.9. The Morgan fingerprint density at radius 3 is 2.50 bits per heavy atom. The lowest BCUT2D eigenvalue weighted by atomic mass is 10.0. The van der Waals surface area contributed by atoms with E-state index in [0.29, 0.717) is 36.5 Å². The monoisotopic (exact) mass is 379 g/mol. The fraction of sp³-hybridized carbons (Fsp3) is 0.474. The first-order chi connectivity index (χ1) is 12.3. The Labute approximate surface area is 154 Å². The van der Waals surface area contributed by atoms with Crippen LogP contribution in [0.3, 0.4) is 0 Å². The van der Waals surface area contributed by atoms with Crippen LogP contribution in [0, 0.1) is 0 Å². The van der Waals surface area contributed by atoms with Gasteiger partial charge in [0.05, 0.1) is 23.6 Å². The van der Waals surface area contributed by atoms with Crippen LogP contribution in [0.15, 0.2) is 28.8 Å². The summed E-state index contributed by atoms with van der Waals surface area (Å²) in [6.07, 6.45) is 3.78. The van der Waals surface area contributed by atoms with Gasteiger partial charge in [-0.05, 0) is 37.5 Å². The molecule has 0 unspecified atom stereocenters. The Hall–Kier alpha value is -2.15. The fourth-order valence-corrected chi connectivity index (χ4v) is 3.33. The Bertz CT molecular complexity index is 837. The van der Waals surface area contributed by atoms with E-state index in [1.165, 1.54) is 13.2 Å². The third-order valence-electron chi connectivity index (χ3n) is 3.89. The highest BCUT2D eigenvalue weighted by Gasteiger charge is 2.19. The zero-order valence-electron chi connectivity index (χ0n) is 15.4. The summed E-state index contributed by atoms with van der Waals surface area (Å²) >= 11 is 0. The van der Waals surface area contributed by atoms with Gasteiger partial charge in [0.2, 0.25) is 0 Å². The van der Waals surface area contributed by atoms with Gasteiger partial charge in [-0.3, -0.25) is 4.79 Å². The van der Waals surface area contributed by atoms with Gasteiger partial charge in [-0.2, -0.15) is 0 Å². The highest BCUT2D eigenvalue weighted by atomic mass is 32.2. The summed E-state index contributed by atoms with van der Waals surface area (Å²) in [6.45, 7) is 3.92. The van der Waals surface area contributed by atoms with E-state index in [0.717, 1.165) is 24.1 Å². The number of aryl methyl sites for hydroxylation is 1. The van der Waals surface area contributed by atoms with Crippen LogP contribution < -0.4 is 4.74 Å². The first-order valence-electron chi connectivity index (χ1n) is 8.68. The Balaban J connectivity index is 1.98. The average Bonchev–Trinajstić information content (AvgIpc) is 2.95. The van der Waals surface area contributed by atoms with Crippen molar-refractivity contribution in [2.24, 2.45) is 0 Å². The SMILES string of the molecule is CCCc1noc(Cc2ccc(OCCCS(C)(=O)=O)cc2)c1C(C)=O. The van der Waals surface area contributed by atoms with Gasteiger partial charge < -0.3 is 9.26 Å². The van der Waals surface area contributed by atoms with Crippen LogP contribution in [0.2, 0.25) is 0 Å². The van der Waals surface area contributed by atoms with Gasteiger partial charge in [0, 0.05) is 12.7 Å². The van der Waals surface area contributed by atoms with Gasteiger partial charge in [-0.15, -0.1) is 0 Å². The number of Topliss-reactive ketones (excluding diaryl/α,β-unsaturated/α-hetero) is 1. The molecule has 0 aliphatic rings. The molecule has 0 saturated carbocycles. The summed E-state index contributed by atoms with van der Waals surface area (Å²) in [5, 5.41) is 4.04. The summed E-state index contributed by atoms with van der Waals surface area (Å²) in [4.78, 5) is 11.9. The molecule has 0 aliphatic heterocycles. The molecular formula is C19H25NO5S. The Morgan fingerprint density at radius 1 is 1.23 bits per heavy atom. The summed E-state index contributed by atoms with van der Waals surface area (Å²) in [5.74, 6) is 1.35. The number of nitrogens with zero attached hydrogens (tertiary/aromatic N) is 1. The zero-order valence-corrected chi connectivity index (χ0v) is 16.3. The van der Waals surface area contributed by atoms with Crippen LogP contribution in [0.4, 0.5) is 0 Å². The van der Waals surface area contributed by atoms with E-state index in [2.05, 4.69) is 5.16 Å². The number of hydrogen-bond acceptors (Lipinski definition) is 6. The number of carbonyl (C=O) groups excluding carboxylic acids is 1. The van der Waals surface area contributed by atoms with Crippen molar-refractivity contribution in [2.75, 3.05) is 18.6 Å². The second-order valence-corrected chi connectivity index (χ2v) is 8.65. The first kappa shape index (κ1) is 20.2. The molecule has 0 bridgehead atoms. The Morgan fingerprint density at radius 2 is 1.92 bits per heavy atom. The standard InChI is InChI=1S/C19H25NO5S/c1-4-6-17-19(14(2)21)18(25-20-17)13-15-7-9-16(10-8-15)24-11-5-12-26(3,22)23/h7-10H,4-6,11-13H2,1-3H3. The zero-order chi connectivity index (χ0) is 19.2. The van der Waals surface area contributed by atoms with Crippen molar-refractivity contribution in [2.45, 2.75) is 39.5 Å². The number of carbonyl (C=O) groups is 1. The molecule has 0 spiro atoms. The molecule has 26 heavy (non-hydrogen) atoms. The molecule has 1 aromatic heterocycles. The minimum absolute atomic E-state index is 0.0319.